The van der Waals surface area contributed by atoms with Crippen LogP contribution in [-0.4, -0.2) is 57.9 Å². The molecule has 2 aromatic rings. The second-order valence-corrected chi connectivity index (χ2v) is 9.14. The largest absolute Gasteiger partial charge is 0.378 e. The van der Waals surface area contributed by atoms with E-state index in [1.807, 2.05) is 6.07 Å². The third kappa shape index (κ3) is 4.63. The molecule has 2 saturated heterocycles. The van der Waals surface area contributed by atoms with Gasteiger partial charge in [-0.2, -0.15) is 0 Å². The van der Waals surface area contributed by atoms with E-state index in [9.17, 15) is 13.2 Å². The van der Waals surface area contributed by atoms with Gasteiger partial charge < -0.3 is 15.0 Å². The molecule has 9 heteroatoms. The molecule has 8 nitrogen and oxygen atoms in total. The summed E-state index contributed by atoms with van der Waals surface area (Å²) in [5, 5.41) is 2.89. The predicted octanol–water partition coefficient (Wildman–Crippen LogP) is 2.11. The van der Waals surface area contributed by atoms with Gasteiger partial charge in [0, 0.05) is 31.9 Å². The summed E-state index contributed by atoms with van der Waals surface area (Å²) in [6.45, 7) is 3.25. The van der Waals surface area contributed by atoms with Crippen LogP contribution in [-0.2, 0) is 19.6 Å². The molecule has 1 aromatic heterocycles. The molecular formula is C21H24N4O4S. The van der Waals surface area contributed by atoms with Crippen LogP contribution in [0.4, 0.5) is 17.2 Å². The lowest BCUT2D eigenvalue weighted by molar-refractivity contribution is -0.111. The minimum Gasteiger partial charge on any atom is -0.378 e. The van der Waals surface area contributed by atoms with Crippen LogP contribution < -0.4 is 14.5 Å². The Kier molecular flexibility index (Phi) is 6.01. The third-order valence-corrected chi connectivity index (χ3v) is 6.93. The number of ether oxygens (including phenoxy) is 1. The molecule has 1 N–H and O–H groups in total. The van der Waals surface area contributed by atoms with Crippen LogP contribution in [0.5, 0.6) is 0 Å². The Morgan fingerprint density at radius 1 is 1.10 bits per heavy atom. The Morgan fingerprint density at radius 3 is 2.57 bits per heavy atom. The number of rotatable bonds is 5. The van der Waals surface area contributed by atoms with Crippen LogP contribution in [0.25, 0.3) is 6.08 Å². The summed E-state index contributed by atoms with van der Waals surface area (Å²) in [5.41, 5.74) is 2.12. The van der Waals surface area contributed by atoms with Crippen molar-refractivity contribution in [3.8, 4) is 0 Å². The van der Waals surface area contributed by atoms with Gasteiger partial charge in [-0.3, -0.25) is 9.10 Å². The summed E-state index contributed by atoms with van der Waals surface area (Å²) in [4.78, 5) is 18.9. The van der Waals surface area contributed by atoms with Crippen molar-refractivity contribution in [3.05, 3.63) is 54.2 Å². The highest BCUT2D eigenvalue weighted by atomic mass is 32.2. The maximum atomic E-state index is 12.4. The van der Waals surface area contributed by atoms with Gasteiger partial charge in [0.05, 0.1) is 30.3 Å². The molecule has 0 atom stereocenters. The van der Waals surface area contributed by atoms with E-state index in [1.54, 1.807) is 42.6 Å². The van der Waals surface area contributed by atoms with Gasteiger partial charge in [0.2, 0.25) is 15.9 Å². The monoisotopic (exact) mass is 428 g/mol. The zero-order chi connectivity index (χ0) is 21.0. The van der Waals surface area contributed by atoms with E-state index in [0.717, 1.165) is 24.5 Å². The molecule has 0 bridgehead atoms. The molecule has 1 amide bonds. The highest BCUT2D eigenvalue weighted by Gasteiger charge is 2.28. The van der Waals surface area contributed by atoms with E-state index in [-0.39, 0.29) is 11.7 Å². The standard InChI is InChI=1S/C21H24N4O4S/c26-20(23-19-3-1-10-22-21(19)24-12-14-29-15-13-24)9-6-17-4-7-18(8-5-17)25-11-2-16-30(25,27)28/h1,3-10H,2,11-16H2,(H,23,26)/b9-6+. The summed E-state index contributed by atoms with van der Waals surface area (Å²) >= 11 is 0. The second-order valence-electron chi connectivity index (χ2n) is 7.13. The van der Waals surface area contributed by atoms with E-state index >= 15 is 0 Å². The predicted molar refractivity (Wildman–Crippen MR) is 117 cm³/mol. The fourth-order valence-corrected chi connectivity index (χ4v) is 5.11. The molecule has 3 heterocycles. The number of nitrogens with zero attached hydrogens (tertiary/aromatic N) is 3. The Hall–Kier alpha value is -2.91. The summed E-state index contributed by atoms with van der Waals surface area (Å²) in [5.74, 6) is 0.665. The van der Waals surface area contributed by atoms with Crippen LogP contribution in [0.3, 0.4) is 0 Å². The van der Waals surface area contributed by atoms with Crippen molar-refractivity contribution in [1.82, 2.24) is 4.98 Å². The van der Waals surface area contributed by atoms with Crippen molar-refractivity contribution in [3.63, 3.8) is 0 Å². The molecule has 0 saturated carbocycles. The fourth-order valence-electron chi connectivity index (χ4n) is 3.55. The lowest BCUT2D eigenvalue weighted by Crippen LogP contribution is -2.37. The first-order valence-corrected chi connectivity index (χ1v) is 11.5. The van der Waals surface area contributed by atoms with Crippen LogP contribution in [0.1, 0.15) is 12.0 Å². The van der Waals surface area contributed by atoms with Gasteiger partial charge in [0.25, 0.3) is 0 Å². The number of benzene rings is 1. The van der Waals surface area contributed by atoms with Gasteiger partial charge in [-0.1, -0.05) is 12.1 Å². The Morgan fingerprint density at radius 2 is 1.87 bits per heavy atom. The first-order valence-electron chi connectivity index (χ1n) is 9.90. The van der Waals surface area contributed by atoms with Crippen molar-refractivity contribution in [2.75, 3.05) is 53.1 Å². The smallest absolute Gasteiger partial charge is 0.248 e. The summed E-state index contributed by atoms with van der Waals surface area (Å²) in [6.07, 6.45) is 5.50. The molecular weight excluding hydrogens is 404 g/mol. The Balaban J connectivity index is 1.41. The number of sulfonamides is 1. The number of hydrogen-bond donors (Lipinski definition) is 1. The van der Waals surface area contributed by atoms with Gasteiger partial charge in [0.15, 0.2) is 5.82 Å². The van der Waals surface area contributed by atoms with Crippen LogP contribution in [0, 0.1) is 0 Å². The van der Waals surface area contributed by atoms with E-state index in [0.29, 0.717) is 37.6 Å². The first-order chi connectivity index (χ1) is 14.5. The molecule has 158 valence electrons. The summed E-state index contributed by atoms with van der Waals surface area (Å²) < 4.78 is 30.9. The van der Waals surface area contributed by atoms with Gasteiger partial charge in [-0.15, -0.1) is 0 Å². The quantitative estimate of drug-likeness (QED) is 0.734. The van der Waals surface area contributed by atoms with E-state index in [1.165, 1.54) is 10.4 Å². The first kappa shape index (κ1) is 20.4. The molecule has 0 spiro atoms. The highest BCUT2D eigenvalue weighted by Crippen LogP contribution is 2.25. The number of nitrogens with one attached hydrogen (secondary N) is 1. The lowest BCUT2D eigenvalue weighted by atomic mass is 10.2. The number of amides is 1. The van der Waals surface area contributed by atoms with Crippen molar-refractivity contribution in [2.24, 2.45) is 0 Å². The van der Waals surface area contributed by atoms with E-state index in [2.05, 4.69) is 15.2 Å². The lowest BCUT2D eigenvalue weighted by Gasteiger charge is -2.29. The van der Waals surface area contributed by atoms with Crippen LogP contribution >= 0.6 is 0 Å². The van der Waals surface area contributed by atoms with Crippen molar-refractivity contribution in [1.29, 1.82) is 0 Å². The zero-order valence-electron chi connectivity index (χ0n) is 16.5. The average molecular weight is 429 g/mol. The molecule has 4 rings (SSSR count). The number of aromatic nitrogens is 1. The van der Waals surface area contributed by atoms with Crippen LogP contribution in [0.15, 0.2) is 48.7 Å². The Bertz CT molecular complexity index is 1030. The normalized spacial score (nSPS) is 18.7. The van der Waals surface area contributed by atoms with Crippen LogP contribution in [0.2, 0.25) is 0 Å². The van der Waals surface area contributed by atoms with Gasteiger partial charge >= 0.3 is 0 Å². The van der Waals surface area contributed by atoms with Gasteiger partial charge in [-0.05, 0) is 42.3 Å². The molecule has 0 aliphatic carbocycles. The number of hydrogen-bond acceptors (Lipinski definition) is 6. The minimum absolute atomic E-state index is 0.190. The molecule has 2 aliphatic heterocycles. The molecule has 1 aromatic carbocycles. The zero-order valence-corrected chi connectivity index (χ0v) is 17.3. The SMILES string of the molecule is O=C(/C=C/c1ccc(N2CCCS2(=O)=O)cc1)Nc1cccnc1N1CCOCC1. The second kappa shape index (κ2) is 8.85. The maximum absolute atomic E-state index is 12.4. The van der Waals surface area contributed by atoms with Crippen molar-refractivity contribution < 1.29 is 17.9 Å². The molecule has 2 fully saturated rings. The topological polar surface area (TPSA) is 91.8 Å². The number of anilines is 3. The van der Waals surface area contributed by atoms with E-state index < -0.39 is 10.0 Å². The third-order valence-electron chi connectivity index (χ3n) is 5.06. The Labute approximate surface area is 176 Å². The number of carbonyl (C=O) groups excluding carboxylic acids is 1. The van der Waals surface area contributed by atoms with E-state index in [4.69, 9.17) is 4.74 Å². The molecule has 30 heavy (non-hydrogen) atoms. The average Bonchev–Trinajstić information content (AvgIpc) is 3.12. The number of morpholine rings is 1. The minimum atomic E-state index is -3.19. The summed E-state index contributed by atoms with van der Waals surface area (Å²) in [6, 6.07) is 10.7. The molecule has 2 aliphatic rings. The van der Waals surface area contributed by atoms with Crippen molar-refractivity contribution >= 4 is 39.2 Å². The number of pyridine rings is 1. The molecule has 0 unspecified atom stereocenters. The van der Waals surface area contributed by atoms with Gasteiger partial charge in [0.1, 0.15) is 0 Å². The number of carbonyl (C=O) groups is 1. The maximum Gasteiger partial charge on any atom is 0.248 e. The van der Waals surface area contributed by atoms with Gasteiger partial charge in [-0.25, -0.2) is 13.4 Å². The van der Waals surface area contributed by atoms with Crippen molar-refractivity contribution in [2.45, 2.75) is 6.42 Å². The fraction of sp³-hybridized carbons (Fsp3) is 0.333. The summed E-state index contributed by atoms with van der Waals surface area (Å²) in [7, 11) is -3.19. The molecule has 0 radical (unpaired) electrons. The highest BCUT2D eigenvalue weighted by molar-refractivity contribution is 7.93.